The van der Waals surface area contributed by atoms with Crippen molar-refractivity contribution >= 4 is 35.0 Å². The van der Waals surface area contributed by atoms with Crippen molar-refractivity contribution in [3.05, 3.63) is 87.7 Å². The lowest BCUT2D eigenvalue weighted by Gasteiger charge is -2.19. The lowest BCUT2D eigenvalue weighted by Crippen LogP contribution is -2.27. The molecule has 0 saturated heterocycles. The number of aryl methyl sites for hydroxylation is 2. The molecular weight excluding hydrogens is 430 g/mol. The van der Waals surface area contributed by atoms with E-state index in [1.807, 2.05) is 68.4 Å². The SMILES string of the molecule is Cc1cc(C)n2nc(SCc3ccccc3C(=O)N(C)Cc3ccc(Cl)cc3)nc2n1. The van der Waals surface area contributed by atoms with E-state index in [0.29, 0.717) is 33.8 Å². The highest BCUT2D eigenvalue weighted by atomic mass is 35.5. The Morgan fingerprint density at radius 1 is 1.10 bits per heavy atom. The first-order valence-electron chi connectivity index (χ1n) is 9.82. The van der Waals surface area contributed by atoms with Gasteiger partial charge in [0, 0.05) is 41.3 Å². The van der Waals surface area contributed by atoms with Crippen LogP contribution >= 0.6 is 23.4 Å². The van der Waals surface area contributed by atoms with Crippen LogP contribution in [0.1, 0.15) is 32.9 Å². The van der Waals surface area contributed by atoms with Crippen LogP contribution in [0.5, 0.6) is 0 Å². The van der Waals surface area contributed by atoms with Gasteiger partial charge in [0.15, 0.2) is 0 Å². The van der Waals surface area contributed by atoms with E-state index in [9.17, 15) is 4.79 Å². The van der Waals surface area contributed by atoms with Gasteiger partial charge in [-0.15, -0.1) is 5.10 Å². The van der Waals surface area contributed by atoms with Crippen LogP contribution in [0.3, 0.4) is 0 Å². The third-order valence-electron chi connectivity index (χ3n) is 4.88. The first kappa shape index (κ1) is 21.3. The summed E-state index contributed by atoms with van der Waals surface area (Å²) in [4.78, 5) is 23.8. The number of fused-ring (bicyclic) bond motifs is 1. The van der Waals surface area contributed by atoms with Crippen LogP contribution in [0.15, 0.2) is 59.8 Å². The Kier molecular flexibility index (Phi) is 6.25. The van der Waals surface area contributed by atoms with E-state index in [0.717, 1.165) is 22.5 Å². The van der Waals surface area contributed by atoms with Crippen molar-refractivity contribution in [1.29, 1.82) is 0 Å². The van der Waals surface area contributed by atoms with E-state index in [-0.39, 0.29) is 5.91 Å². The molecule has 1 amide bonds. The van der Waals surface area contributed by atoms with Gasteiger partial charge in [-0.1, -0.05) is 53.7 Å². The minimum absolute atomic E-state index is 0.0257. The Morgan fingerprint density at radius 3 is 2.61 bits per heavy atom. The molecule has 0 atom stereocenters. The molecule has 0 aliphatic rings. The number of nitrogens with zero attached hydrogens (tertiary/aromatic N) is 5. The summed E-state index contributed by atoms with van der Waals surface area (Å²) >= 11 is 7.45. The third kappa shape index (κ3) is 4.89. The Hall–Kier alpha value is -2.90. The molecule has 6 nitrogen and oxygen atoms in total. The van der Waals surface area contributed by atoms with E-state index in [4.69, 9.17) is 11.6 Å². The lowest BCUT2D eigenvalue weighted by atomic mass is 10.1. The summed E-state index contributed by atoms with van der Waals surface area (Å²) in [6.07, 6.45) is 0. The summed E-state index contributed by atoms with van der Waals surface area (Å²) in [5.41, 5.74) is 4.55. The minimum Gasteiger partial charge on any atom is -0.337 e. The summed E-state index contributed by atoms with van der Waals surface area (Å²) in [5, 5.41) is 5.86. The maximum absolute atomic E-state index is 13.1. The highest BCUT2D eigenvalue weighted by molar-refractivity contribution is 7.98. The van der Waals surface area contributed by atoms with Crippen molar-refractivity contribution in [2.75, 3.05) is 7.05 Å². The van der Waals surface area contributed by atoms with Gasteiger partial charge in [0.05, 0.1) is 0 Å². The van der Waals surface area contributed by atoms with Gasteiger partial charge in [-0.2, -0.15) is 4.98 Å². The van der Waals surface area contributed by atoms with Crippen molar-refractivity contribution in [3.63, 3.8) is 0 Å². The van der Waals surface area contributed by atoms with Crippen molar-refractivity contribution in [3.8, 4) is 0 Å². The Balaban J connectivity index is 1.49. The zero-order valence-electron chi connectivity index (χ0n) is 17.5. The number of rotatable bonds is 6. The van der Waals surface area contributed by atoms with Crippen molar-refractivity contribution in [2.24, 2.45) is 0 Å². The van der Waals surface area contributed by atoms with Crippen LogP contribution in [-0.4, -0.2) is 37.4 Å². The number of thioether (sulfide) groups is 1. The molecular formula is C23H22ClN5OS. The van der Waals surface area contributed by atoms with Gasteiger partial charge in [-0.05, 0) is 49.2 Å². The van der Waals surface area contributed by atoms with Gasteiger partial charge < -0.3 is 4.90 Å². The van der Waals surface area contributed by atoms with Crippen molar-refractivity contribution < 1.29 is 4.79 Å². The fourth-order valence-electron chi connectivity index (χ4n) is 3.35. The standard InChI is InChI=1S/C23H22ClN5OS/c1-15-12-16(2)29-22(25-15)26-23(27-29)31-14-18-6-4-5-7-20(18)21(30)28(3)13-17-8-10-19(24)11-9-17/h4-12H,13-14H2,1-3H3. The van der Waals surface area contributed by atoms with Gasteiger partial charge >= 0.3 is 0 Å². The van der Waals surface area contributed by atoms with Gasteiger partial charge in [0.2, 0.25) is 5.16 Å². The van der Waals surface area contributed by atoms with E-state index >= 15 is 0 Å². The van der Waals surface area contributed by atoms with Crippen LogP contribution in [0, 0.1) is 13.8 Å². The average Bonchev–Trinajstić information content (AvgIpc) is 3.17. The number of halogens is 1. The monoisotopic (exact) mass is 451 g/mol. The van der Waals surface area contributed by atoms with Gasteiger partial charge in [-0.25, -0.2) is 9.50 Å². The fourth-order valence-corrected chi connectivity index (χ4v) is 4.30. The molecule has 2 aromatic heterocycles. The summed E-state index contributed by atoms with van der Waals surface area (Å²) < 4.78 is 1.74. The summed E-state index contributed by atoms with van der Waals surface area (Å²) in [6, 6.07) is 17.2. The van der Waals surface area contributed by atoms with Crippen LogP contribution in [0.4, 0.5) is 0 Å². The largest absolute Gasteiger partial charge is 0.337 e. The van der Waals surface area contributed by atoms with E-state index in [2.05, 4.69) is 15.1 Å². The zero-order chi connectivity index (χ0) is 22.0. The first-order valence-corrected chi connectivity index (χ1v) is 11.2. The predicted octanol–water partition coefficient (Wildman–Crippen LogP) is 4.96. The molecule has 31 heavy (non-hydrogen) atoms. The van der Waals surface area contributed by atoms with Crippen LogP contribution in [0.2, 0.25) is 5.02 Å². The second kappa shape index (κ2) is 9.08. The molecule has 0 aliphatic heterocycles. The molecule has 0 unspecified atom stereocenters. The first-order chi connectivity index (χ1) is 14.9. The van der Waals surface area contributed by atoms with Crippen LogP contribution in [0.25, 0.3) is 5.78 Å². The Labute approximate surface area is 190 Å². The quantitative estimate of drug-likeness (QED) is 0.388. The number of hydrogen-bond donors (Lipinski definition) is 0. The molecule has 0 N–H and O–H groups in total. The molecule has 4 aromatic rings. The van der Waals surface area contributed by atoms with Crippen molar-refractivity contribution in [1.82, 2.24) is 24.5 Å². The lowest BCUT2D eigenvalue weighted by molar-refractivity contribution is 0.0784. The number of carbonyl (C=O) groups excluding carboxylic acids is 1. The highest BCUT2D eigenvalue weighted by Gasteiger charge is 2.17. The molecule has 0 radical (unpaired) electrons. The van der Waals surface area contributed by atoms with Crippen LogP contribution < -0.4 is 0 Å². The average molecular weight is 452 g/mol. The number of aromatic nitrogens is 4. The predicted molar refractivity (Wildman–Crippen MR) is 124 cm³/mol. The smallest absolute Gasteiger partial charge is 0.254 e. The maximum atomic E-state index is 13.1. The molecule has 8 heteroatoms. The summed E-state index contributed by atoms with van der Waals surface area (Å²) in [7, 11) is 1.81. The molecule has 0 saturated carbocycles. The number of amides is 1. The molecule has 0 spiro atoms. The van der Waals surface area contributed by atoms with Crippen molar-refractivity contribution in [2.45, 2.75) is 31.3 Å². The summed E-state index contributed by atoms with van der Waals surface area (Å²) in [6.45, 7) is 4.43. The zero-order valence-corrected chi connectivity index (χ0v) is 19.1. The topological polar surface area (TPSA) is 63.4 Å². The second-order valence-corrected chi connectivity index (χ2v) is 8.76. The molecule has 158 valence electrons. The Morgan fingerprint density at radius 2 is 1.84 bits per heavy atom. The van der Waals surface area contributed by atoms with Crippen LogP contribution in [-0.2, 0) is 12.3 Å². The molecule has 0 bridgehead atoms. The normalized spacial score (nSPS) is 11.1. The fraction of sp³-hybridized carbons (Fsp3) is 0.217. The Bertz CT molecular complexity index is 1240. The number of benzene rings is 2. The molecule has 2 aromatic carbocycles. The van der Waals surface area contributed by atoms with Gasteiger partial charge in [0.25, 0.3) is 11.7 Å². The summed E-state index contributed by atoms with van der Waals surface area (Å²) in [5.74, 6) is 1.15. The van der Waals surface area contributed by atoms with E-state index in [1.165, 1.54) is 11.8 Å². The van der Waals surface area contributed by atoms with E-state index in [1.54, 1.807) is 16.5 Å². The number of carbonyl (C=O) groups is 1. The minimum atomic E-state index is -0.0257. The van der Waals surface area contributed by atoms with Gasteiger partial charge in [0.1, 0.15) is 0 Å². The number of hydrogen-bond acceptors (Lipinski definition) is 5. The molecule has 0 fully saturated rings. The molecule has 2 heterocycles. The second-order valence-electron chi connectivity index (χ2n) is 7.38. The third-order valence-corrected chi connectivity index (χ3v) is 6.02. The highest BCUT2D eigenvalue weighted by Crippen LogP contribution is 2.24. The molecule has 0 aliphatic carbocycles. The van der Waals surface area contributed by atoms with Gasteiger partial charge in [-0.3, -0.25) is 4.79 Å². The molecule has 4 rings (SSSR count). The van der Waals surface area contributed by atoms with E-state index < -0.39 is 0 Å². The maximum Gasteiger partial charge on any atom is 0.254 e.